The van der Waals surface area contributed by atoms with Crippen LogP contribution in [0.15, 0.2) is 39.3 Å². The number of nitrogens with one attached hydrogen (secondary N) is 1. The molecule has 0 spiro atoms. The molecule has 0 fully saturated rings. The zero-order chi connectivity index (χ0) is 14.9. The van der Waals surface area contributed by atoms with Crippen LogP contribution in [0.2, 0.25) is 0 Å². The van der Waals surface area contributed by atoms with Crippen molar-refractivity contribution in [2.75, 3.05) is 7.05 Å². The van der Waals surface area contributed by atoms with E-state index in [4.69, 9.17) is 0 Å². The second-order valence-electron chi connectivity index (χ2n) is 5.20. The lowest BCUT2D eigenvalue weighted by Gasteiger charge is -2.23. The van der Waals surface area contributed by atoms with Crippen LogP contribution < -0.4 is 5.32 Å². The molecule has 0 bridgehead atoms. The van der Waals surface area contributed by atoms with Gasteiger partial charge in [0.05, 0.1) is 6.04 Å². The topological polar surface area (TPSA) is 12.0 Å². The van der Waals surface area contributed by atoms with Gasteiger partial charge in [-0.15, -0.1) is 0 Å². The van der Waals surface area contributed by atoms with Crippen molar-refractivity contribution in [2.45, 2.75) is 26.8 Å². The Kier molecular flexibility index (Phi) is 5.05. The van der Waals surface area contributed by atoms with Crippen LogP contribution in [0.3, 0.4) is 0 Å². The van der Waals surface area contributed by atoms with Gasteiger partial charge < -0.3 is 5.32 Å². The van der Waals surface area contributed by atoms with Crippen molar-refractivity contribution in [3.63, 3.8) is 0 Å². The van der Waals surface area contributed by atoms with Gasteiger partial charge in [-0.2, -0.15) is 0 Å². The van der Waals surface area contributed by atoms with Crippen LogP contribution in [0.5, 0.6) is 0 Å². The first-order valence-corrected chi connectivity index (χ1v) is 8.22. The average Bonchev–Trinajstić information content (AvgIpc) is 2.37. The standard InChI is InChI=1S/C17H19Br2N/c1-10-7-11(2)16(12(3)8-10)17(20-4)14-9-13(18)5-6-15(14)19/h5-9,17,20H,1-4H3. The molecule has 0 saturated heterocycles. The zero-order valence-electron chi connectivity index (χ0n) is 12.2. The summed E-state index contributed by atoms with van der Waals surface area (Å²) in [6, 6.07) is 11.0. The Morgan fingerprint density at radius 3 is 2.10 bits per heavy atom. The number of aryl methyl sites for hydroxylation is 3. The molecule has 0 aliphatic rings. The molecule has 1 N–H and O–H groups in total. The monoisotopic (exact) mass is 395 g/mol. The summed E-state index contributed by atoms with van der Waals surface area (Å²) in [5, 5.41) is 3.45. The minimum atomic E-state index is 0.183. The molecule has 0 aliphatic carbocycles. The van der Waals surface area contributed by atoms with Gasteiger partial charge in [0.1, 0.15) is 0 Å². The van der Waals surface area contributed by atoms with Gasteiger partial charge in [-0.25, -0.2) is 0 Å². The van der Waals surface area contributed by atoms with E-state index in [1.165, 1.54) is 27.8 Å². The first-order chi connectivity index (χ1) is 9.43. The Morgan fingerprint density at radius 1 is 0.950 bits per heavy atom. The highest BCUT2D eigenvalue weighted by Gasteiger charge is 2.19. The van der Waals surface area contributed by atoms with Crippen molar-refractivity contribution in [1.29, 1.82) is 0 Å². The quantitative estimate of drug-likeness (QED) is 0.727. The van der Waals surface area contributed by atoms with Crippen molar-refractivity contribution in [1.82, 2.24) is 5.32 Å². The van der Waals surface area contributed by atoms with E-state index < -0.39 is 0 Å². The second-order valence-corrected chi connectivity index (χ2v) is 6.97. The molecule has 1 atom stereocenters. The van der Waals surface area contributed by atoms with Crippen molar-refractivity contribution < 1.29 is 0 Å². The minimum absolute atomic E-state index is 0.183. The average molecular weight is 397 g/mol. The van der Waals surface area contributed by atoms with Gasteiger partial charge in [0.25, 0.3) is 0 Å². The van der Waals surface area contributed by atoms with Crippen LogP contribution in [-0.4, -0.2) is 7.05 Å². The molecule has 2 rings (SSSR count). The van der Waals surface area contributed by atoms with Crippen LogP contribution >= 0.6 is 31.9 Å². The highest BCUT2D eigenvalue weighted by atomic mass is 79.9. The fourth-order valence-corrected chi connectivity index (χ4v) is 3.69. The van der Waals surface area contributed by atoms with E-state index in [0.29, 0.717) is 0 Å². The number of benzene rings is 2. The third-order valence-electron chi connectivity index (χ3n) is 3.58. The van der Waals surface area contributed by atoms with E-state index in [0.717, 1.165) is 8.95 Å². The summed E-state index contributed by atoms with van der Waals surface area (Å²) in [7, 11) is 2.01. The smallest absolute Gasteiger partial charge is 0.0591 e. The third kappa shape index (κ3) is 3.16. The molecule has 2 aromatic carbocycles. The number of hydrogen-bond donors (Lipinski definition) is 1. The van der Waals surface area contributed by atoms with Crippen LogP contribution in [0.25, 0.3) is 0 Å². The molecule has 0 aliphatic heterocycles. The molecule has 20 heavy (non-hydrogen) atoms. The van der Waals surface area contributed by atoms with E-state index in [1.54, 1.807) is 0 Å². The minimum Gasteiger partial charge on any atom is -0.309 e. The molecule has 0 heterocycles. The summed E-state index contributed by atoms with van der Waals surface area (Å²) in [6.07, 6.45) is 0. The van der Waals surface area contributed by atoms with E-state index in [-0.39, 0.29) is 6.04 Å². The first-order valence-electron chi connectivity index (χ1n) is 6.64. The van der Waals surface area contributed by atoms with Gasteiger partial charge >= 0.3 is 0 Å². The second kappa shape index (κ2) is 6.42. The fraction of sp³-hybridized carbons (Fsp3) is 0.294. The first kappa shape index (κ1) is 15.7. The SMILES string of the molecule is CNC(c1cc(Br)ccc1Br)c1c(C)cc(C)cc1C. The molecule has 106 valence electrons. The molecular formula is C17H19Br2N. The van der Waals surface area contributed by atoms with E-state index in [1.807, 2.05) is 7.05 Å². The maximum absolute atomic E-state index is 3.67. The van der Waals surface area contributed by atoms with E-state index in [9.17, 15) is 0 Å². The van der Waals surface area contributed by atoms with Gasteiger partial charge in [-0.3, -0.25) is 0 Å². The molecule has 1 nitrogen and oxygen atoms in total. The van der Waals surface area contributed by atoms with Crippen LogP contribution in [0, 0.1) is 20.8 Å². The molecule has 0 radical (unpaired) electrons. The van der Waals surface area contributed by atoms with E-state index in [2.05, 4.69) is 88.3 Å². The molecule has 0 amide bonds. The summed E-state index contributed by atoms with van der Waals surface area (Å²) in [5.41, 5.74) is 6.57. The van der Waals surface area contributed by atoms with Crippen LogP contribution in [0.1, 0.15) is 33.9 Å². The molecule has 3 heteroatoms. The van der Waals surface area contributed by atoms with Crippen molar-refractivity contribution in [2.24, 2.45) is 0 Å². The molecule has 1 unspecified atom stereocenters. The van der Waals surface area contributed by atoms with Crippen molar-refractivity contribution in [3.8, 4) is 0 Å². The van der Waals surface area contributed by atoms with Gasteiger partial charge in [0, 0.05) is 8.95 Å². The highest BCUT2D eigenvalue weighted by Crippen LogP contribution is 2.34. The van der Waals surface area contributed by atoms with Crippen molar-refractivity contribution >= 4 is 31.9 Å². The van der Waals surface area contributed by atoms with Crippen LogP contribution in [0.4, 0.5) is 0 Å². The maximum Gasteiger partial charge on any atom is 0.0591 e. The van der Waals surface area contributed by atoms with Gasteiger partial charge in [-0.05, 0) is 68.3 Å². The Labute approximate surface area is 138 Å². The Hall–Kier alpha value is -0.640. The van der Waals surface area contributed by atoms with Gasteiger partial charge in [0.15, 0.2) is 0 Å². The van der Waals surface area contributed by atoms with Gasteiger partial charge in [-0.1, -0.05) is 49.6 Å². The molecule has 0 saturated carbocycles. The third-order valence-corrected chi connectivity index (χ3v) is 4.80. The Morgan fingerprint density at radius 2 is 1.55 bits per heavy atom. The predicted octanol–water partition coefficient (Wildman–Crippen LogP) is 5.45. The zero-order valence-corrected chi connectivity index (χ0v) is 15.4. The van der Waals surface area contributed by atoms with Crippen LogP contribution in [-0.2, 0) is 0 Å². The number of rotatable bonds is 3. The molecular weight excluding hydrogens is 378 g/mol. The lowest BCUT2D eigenvalue weighted by Crippen LogP contribution is -2.20. The highest BCUT2D eigenvalue weighted by molar-refractivity contribution is 9.11. The lowest BCUT2D eigenvalue weighted by atomic mass is 9.90. The van der Waals surface area contributed by atoms with Gasteiger partial charge in [0.2, 0.25) is 0 Å². The summed E-state index contributed by atoms with van der Waals surface area (Å²) >= 11 is 7.24. The Bertz CT molecular complexity index is 612. The molecule has 0 aromatic heterocycles. The summed E-state index contributed by atoms with van der Waals surface area (Å²) < 4.78 is 2.22. The van der Waals surface area contributed by atoms with Crippen molar-refractivity contribution in [3.05, 3.63) is 67.1 Å². The predicted molar refractivity (Wildman–Crippen MR) is 93.4 cm³/mol. The number of halogens is 2. The maximum atomic E-state index is 3.67. The largest absolute Gasteiger partial charge is 0.309 e. The van der Waals surface area contributed by atoms with E-state index >= 15 is 0 Å². The normalized spacial score (nSPS) is 12.5. The lowest BCUT2D eigenvalue weighted by molar-refractivity contribution is 0.679. The molecule has 2 aromatic rings. The summed E-state index contributed by atoms with van der Waals surface area (Å²) in [5.74, 6) is 0. The number of hydrogen-bond acceptors (Lipinski definition) is 1. The summed E-state index contributed by atoms with van der Waals surface area (Å²) in [4.78, 5) is 0. The Balaban J connectivity index is 2.61. The summed E-state index contributed by atoms with van der Waals surface area (Å²) in [6.45, 7) is 6.52. The fourth-order valence-electron chi connectivity index (χ4n) is 2.84.